The number of esters is 1. The summed E-state index contributed by atoms with van der Waals surface area (Å²) in [5, 5.41) is 3.52. The van der Waals surface area contributed by atoms with Crippen molar-refractivity contribution in [1.29, 1.82) is 0 Å². The molecule has 2 aliphatic rings. The van der Waals surface area contributed by atoms with Gasteiger partial charge in [-0.25, -0.2) is 0 Å². The predicted molar refractivity (Wildman–Crippen MR) is 86.7 cm³/mol. The second-order valence-electron chi connectivity index (χ2n) is 6.28. The van der Waals surface area contributed by atoms with Gasteiger partial charge < -0.3 is 19.5 Å². The molecule has 0 saturated carbocycles. The number of fused-ring (bicyclic) bond motifs is 1. The van der Waals surface area contributed by atoms with Crippen molar-refractivity contribution in [2.24, 2.45) is 5.92 Å². The third-order valence-corrected chi connectivity index (χ3v) is 4.88. The van der Waals surface area contributed by atoms with Crippen LogP contribution in [0.4, 0.5) is 0 Å². The number of ether oxygens (including phenoxy) is 3. The van der Waals surface area contributed by atoms with Crippen LogP contribution >= 0.6 is 0 Å². The van der Waals surface area contributed by atoms with Gasteiger partial charge in [-0.2, -0.15) is 0 Å². The van der Waals surface area contributed by atoms with Crippen LogP contribution in [-0.2, 0) is 9.53 Å². The van der Waals surface area contributed by atoms with Crippen LogP contribution in [-0.4, -0.2) is 32.5 Å². The first-order chi connectivity index (χ1) is 11.2. The fourth-order valence-electron chi connectivity index (χ4n) is 3.64. The van der Waals surface area contributed by atoms with Crippen molar-refractivity contribution in [1.82, 2.24) is 5.32 Å². The molecule has 1 aromatic carbocycles. The number of carbonyl (C=O) groups is 1. The van der Waals surface area contributed by atoms with Crippen LogP contribution in [0.2, 0.25) is 0 Å². The lowest BCUT2D eigenvalue weighted by Crippen LogP contribution is -2.33. The Labute approximate surface area is 137 Å². The van der Waals surface area contributed by atoms with E-state index in [1.54, 1.807) is 0 Å². The molecule has 2 aliphatic heterocycles. The molecule has 0 aromatic heterocycles. The van der Waals surface area contributed by atoms with Gasteiger partial charge in [0.15, 0.2) is 11.5 Å². The molecule has 1 saturated heterocycles. The molecule has 0 spiro atoms. The molecule has 2 heterocycles. The largest absolute Gasteiger partial charge is 0.469 e. The van der Waals surface area contributed by atoms with Crippen LogP contribution in [0.3, 0.4) is 0 Å². The Balaban J connectivity index is 1.78. The van der Waals surface area contributed by atoms with Gasteiger partial charge in [0, 0.05) is 18.5 Å². The number of unbranched alkanes of at least 4 members (excludes halogenated alkanes) is 2. The minimum Gasteiger partial charge on any atom is -0.469 e. The molecule has 3 rings (SSSR count). The quantitative estimate of drug-likeness (QED) is 0.645. The molecule has 0 bridgehead atoms. The van der Waals surface area contributed by atoms with Crippen molar-refractivity contribution in [3.05, 3.63) is 23.8 Å². The topological polar surface area (TPSA) is 56.8 Å². The highest BCUT2D eigenvalue weighted by Crippen LogP contribution is 2.40. The van der Waals surface area contributed by atoms with E-state index < -0.39 is 0 Å². The first-order valence-electron chi connectivity index (χ1n) is 8.45. The molecule has 0 radical (unpaired) electrons. The summed E-state index contributed by atoms with van der Waals surface area (Å²) in [7, 11) is 1.47. The summed E-state index contributed by atoms with van der Waals surface area (Å²) >= 11 is 0. The van der Waals surface area contributed by atoms with Gasteiger partial charge in [0.05, 0.1) is 13.0 Å². The van der Waals surface area contributed by atoms with Gasteiger partial charge in [-0.05, 0) is 24.1 Å². The predicted octanol–water partition coefficient (Wildman–Crippen LogP) is 2.84. The zero-order chi connectivity index (χ0) is 16.2. The standard InChI is InChI=1S/C18H25NO4/c1-3-4-5-6-14-17(18(20)21-2)13(10-19-14)12-7-8-15-16(9-12)23-11-22-15/h7-9,13-14,17,19H,3-6,10-11H2,1-2H3. The molecule has 126 valence electrons. The molecule has 3 unspecified atom stereocenters. The summed E-state index contributed by atoms with van der Waals surface area (Å²) in [6, 6.07) is 6.14. The average Bonchev–Trinajstić information content (AvgIpc) is 3.20. The first kappa shape index (κ1) is 16.1. The highest BCUT2D eigenvalue weighted by atomic mass is 16.7. The lowest BCUT2D eigenvalue weighted by molar-refractivity contribution is -0.146. The van der Waals surface area contributed by atoms with Crippen LogP contribution in [0.5, 0.6) is 11.5 Å². The number of methoxy groups -OCH3 is 1. The molecule has 1 fully saturated rings. The molecule has 1 aromatic rings. The summed E-state index contributed by atoms with van der Waals surface area (Å²) < 4.78 is 15.9. The summed E-state index contributed by atoms with van der Waals surface area (Å²) in [5.74, 6) is 1.38. The van der Waals surface area contributed by atoms with E-state index >= 15 is 0 Å². The number of carbonyl (C=O) groups excluding carboxylic acids is 1. The van der Waals surface area contributed by atoms with Crippen LogP contribution in [0.1, 0.15) is 44.1 Å². The van der Waals surface area contributed by atoms with Crippen molar-refractivity contribution >= 4 is 5.97 Å². The van der Waals surface area contributed by atoms with E-state index in [2.05, 4.69) is 12.2 Å². The van der Waals surface area contributed by atoms with Crippen molar-refractivity contribution in [2.75, 3.05) is 20.4 Å². The molecule has 0 aliphatic carbocycles. The van der Waals surface area contributed by atoms with Crippen molar-refractivity contribution in [3.8, 4) is 11.5 Å². The second-order valence-corrected chi connectivity index (χ2v) is 6.28. The smallest absolute Gasteiger partial charge is 0.310 e. The minimum atomic E-state index is -0.141. The molecule has 5 nitrogen and oxygen atoms in total. The fourth-order valence-corrected chi connectivity index (χ4v) is 3.64. The Hall–Kier alpha value is -1.75. The van der Waals surface area contributed by atoms with Gasteiger partial charge in [0.2, 0.25) is 6.79 Å². The summed E-state index contributed by atoms with van der Waals surface area (Å²) in [6.07, 6.45) is 4.52. The summed E-state index contributed by atoms with van der Waals surface area (Å²) in [4.78, 5) is 12.4. The van der Waals surface area contributed by atoms with E-state index in [4.69, 9.17) is 14.2 Å². The molecule has 0 amide bonds. The summed E-state index contributed by atoms with van der Waals surface area (Å²) in [6.45, 7) is 3.24. The van der Waals surface area contributed by atoms with E-state index in [-0.39, 0.29) is 30.6 Å². The van der Waals surface area contributed by atoms with E-state index in [1.807, 2.05) is 18.2 Å². The first-order valence-corrected chi connectivity index (χ1v) is 8.45. The summed E-state index contributed by atoms with van der Waals surface area (Å²) in [5.41, 5.74) is 1.11. The highest BCUT2D eigenvalue weighted by Gasteiger charge is 2.42. The van der Waals surface area contributed by atoms with E-state index in [0.717, 1.165) is 36.4 Å². The number of hydrogen-bond acceptors (Lipinski definition) is 5. The number of rotatable bonds is 6. The SMILES string of the molecule is CCCCCC1NCC(c2ccc3c(c2)OCO3)C1C(=O)OC. The third-order valence-electron chi connectivity index (χ3n) is 4.88. The van der Waals surface area contributed by atoms with E-state index in [1.165, 1.54) is 20.0 Å². The maximum Gasteiger partial charge on any atom is 0.310 e. The van der Waals surface area contributed by atoms with E-state index in [0.29, 0.717) is 0 Å². The lowest BCUT2D eigenvalue weighted by atomic mass is 9.83. The Kier molecular flexibility index (Phi) is 5.06. The van der Waals surface area contributed by atoms with Crippen LogP contribution in [0.15, 0.2) is 18.2 Å². The normalized spacial score (nSPS) is 25.6. The number of benzene rings is 1. The van der Waals surface area contributed by atoms with Gasteiger partial charge in [-0.15, -0.1) is 0 Å². The molecular weight excluding hydrogens is 294 g/mol. The van der Waals surface area contributed by atoms with Crippen LogP contribution in [0, 0.1) is 5.92 Å². The van der Waals surface area contributed by atoms with Crippen LogP contribution < -0.4 is 14.8 Å². The highest BCUT2D eigenvalue weighted by molar-refractivity contribution is 5.75. The second kappa shape index (κ2) is 7.21. The van der Waals surface area contributed by atoms with Gasteiger partial charge in [-0.1, -0.05) is 32.3 Å². The third kappa shape index (κ3) is 3.29. The van der Waals surface area contributed by atoms with E-state index in [9.17, 15) is 4.79 Å². The molecule has 5 heteroatoms. The van der Waals surface area contributed by atoms with Crippen molar-refractivity contribution in [2.45, 2.75) is 44.6 Å². The maximum absolute atomic E-state index is 12.4. The zero-order valence-electron chi connectivity index (χ0n) is 13.8. The Morgan fingerprint density at radius 1 is 1.30 bits per heavy atom. The molecule has 3 atom stereocenters. The number of hydrogen-bond donors (Lipinski definition) is 1. The fraction of sp³-hybridized carbons (Fsp3) is 0.611. The zero-order valence-corrected chi connectivity index (χ0v) is 13.8. The Bertz CT molecular complexity index is 560. The van der Waals surface area contributed by atoms with Gasteiger partial charge in [-0.3, -0.25) is 4.79 Å². The maximum atomic E-state index is 12.4. The Morgan fingerprint density at radius 3 is 2.91 bits per heavy atom. The molecule has 1 N–H and O–H groups in total. The molecule has 23 heavy (non-hydrogen) atoms. The monoisotopic (exact) mass is 319 g/mol. The van der Waals surface area contributed by atoms with Gasteiger partial charge in [0.1, 0.15) is 0 Å². The van der Waals surface area contributed by atoms with Crippen molar-refractivity contribution in [3.63, 3.8) is 0 Å². The number of nitrogens with one attached hydrogen (secondary N) is 1. The van der Waals surface area contributed by atoms with Crippen LogP contribution in [0.25, 0.3) is 0 Å². The van der Waals surface area contributed by atoms with Gasteiger partial charge >= 0.3 is 5.97 Å². The van der Waals surface area contributed by atoms with Crippen molar-refractivity contribution < 1.29 is 19.0 Å². The molecular formula is C18H25NO4. The minimum absolute atomic E-state index is 0.114. The lowest BCUT2D eigenvalue weighted by Gasteiger charge is -2.22. The van der Waals surface area contributed by atoms with Gasteiger partial charge in [0.25, 0.3) is 0 Å². The average molecular weight is 319 g/mol. The Morgan fingerprint density at radius 2 is 2.13 bits per heavy atom.